The summed E-state index contributed by atoms with van der Waals surface area (Å²) in [5, 5.41) is 4.22. The maximum Gasteiger partial charge on any atom is 0.155 e. The first-order valence-electron chi connectivity index (χ1n) is 6.82. The normalized spacial score (nSPS) is 8.79. The van der Waals surface area contributed by atoms with Crippen molar-refractivity contribution in [2.24, 2.45) is 0 Å². The first kappa shape index (κ1) is 17.2. The minimum absolute atomic E-state index is 0.842. The van der Waals surface area contributed by atoms with Crippen LogP contribution in [0.5, 0.6) is 0 Å². The Kier molecular flexibility index (Phi) is 8.25. The lowest BCUT2D eigenvalue weighted by Crippen LogP contribution is -2.09. The molecule has 0 unspecified atom stereocenters. The van der Waals surface area contributed by atoms with E-state index >= 15 is 0 Å². The Labute approximate surface area is 117 Å². The molecule has 106 valence electrons. The van der Waals surface area contributed by atoms with E-state index in [1.807, 2.05) is 78.1 Å². The molecule has 2 aromatic rings. The predicted molar refractivity (Wildman–Crippen MR) is 83.1 cm³/mol. The van der Waals surface area contributed by atoms with E-state index in [2.05, 4.69) is 10.1 Å². The van der Waals surface area contributed by atoms with Crippen LogP contribution in [0, 0.1) is 6.92 Å². The molecule has 0 radical (unpaired) electrons. The molecule has 0 saturated heterocycles. The second-order valence-corrected chi connectivity index (χ2v) is 3.73. The van der Waals surface area contributed by atoms with Crippen LogP contribution in [-0.4, -0.2) is 28.9 Å². The standard InChI is InChI=1S/C11H14N4.2C2H6/c1-9-7-13-15(8-9)11-6-10(14(2)3)4-5-12-11;2*1-2/h4-8H,1-3H3;2*1-2H3. The molecule has 2 aromatic heterocycles. The van der Waals surface area contributed by atoms with Crippen molar-refractivity contribution in [3.8, 4) is 5.82 Å². The van der Waals surface area contributed by atoms with Gasteiger partial charge in [-0.3, -0.25) is 0 Å². The molecule has 0 aromatic carbocycles. The summed E-state index contributed by atoms with van der Waals surface area (Å²) in [4.78, 5) is 6.32. The summed E-state index contributed by atoms with van der Waals surface area (Å²) < 4.78 is 1.78. The van der Waals surface area contributed by atoms with Gasteiger partial charge >= 0.3 is 0 Å². The van der Waals surface area contributed by atoms with Crippen molar-refractivity contribution in [2.75, 3.05) is 19.0 Å². The van der Waals surface area contributed by atoms with Crippen molar-refractivity contribution in [3.63, 3.8) is 0 Å². The highest BCUT2D eigenvalue weighted by molar-refractivity contribution is 5.48. The van der Waals surface area contributed by atoms with Gasteiger partial charge < -0.3 is 4.90 Å². The van der Waals surface area contributed by atoms with Crippen LogP contribution in [0.4, 0.5) is 5.69 Å². The number of hydrogen-bond acceptors (Lipinski definition) is 3. The van der Waals surface area contributed by atoms with Gasteiger partial charge in [0.2, 0.25) is 0 Å². The third-order valence-electron chi connectivity index (χ3n) is 2.19. The third-order valence-corrected chi connectivity index (χ3v) is 2.19. The molecule has 0 aliphatic rings. The van der Waals surface area contributed by atoms with Crippen LogP contribution in [0.1, 0.15) is 33.3 Å². The Bertz CT molecular complexity index is 461. The van der Waals surface area contributed by atoms with Crippen molar-refractivity contribution in [2.45, 2.75) is 34.6 Å². The SMILES string of the molecule is CC.CC.Cc1cnn(-c2cc(N(C)C)ccn2)c1. The molecule has 4 heteroatoms. The van der Waals surface area contributed by atoms with Crippen LogP contribution in [0.25, 0.3) is 5.82 Å². The Morgan fingerprint density at radius 2 is 1.74 bits per heavy atom. The highest BCUT2D eigenvalue weighted by atomic mass is 15.3. The van der Waals surface area contributed by atoms with Gasteiger partial charge in [-0.15, -0.1) is 0 Å². The number of aryl methyl sites for hydroxylation is 1. The molecule has 0 N–H and O–H groups in total. The Hall–Kier alpha value is -1.84. The number of nitrogens with zero attached hydrogens (tertiary/aromatic N) is 4. The number of anilines is 1. The largest absolute Gasteiger partial charge is 0.378 e. The summed E-state index contributed by atoms with van der Waals surface area (Å²) in [6.45, 7) is 10.0. The van der Waals surface area contributed by atoms with Gasteiger partial charge in [-0.1, -0.05) is 27.7 Å². The number of pyridine rings is 1. The van der Waals surface area contributed by atoms with E-state index in [1.54, 1.807) is 10.9 Å². The van der Waals surface area contributed by atoms with E-state index < -0.39 is 0 Å². The first-order chi connectivity index (χ1) is 9.16. The second kappa shape index (κ2) is 9.14. The predicted octanol–water partition coefficient (Wildman–Crippen LogP) is 3.69. The molecule has 0 aliphatic carbocycles. The molecular formula is C15H26N4. The lowest BCUT2D eigenvalue weighted by molar-refractivity contribution is 0.845. The van der Waals surface area contributed by atoms with E-state index in [4.69, 9.17) is 0 Å². The molecule has 0 spiro atoms. The Morgan fingerprint density at radius 1 is 1.11 bits per heavy atom. The highest BCUT2D eigenvalue weighted by Crippen LogP contribution is 2.13. The van der Waals surface area contributed by atoms with Crippen molar-refractivity contribution in [3.05, 3.63) is 36.3 Å². The third kappa shape index (κ3) is 5.12. The van der Waals surface area contributed by atoms with Crippen LogP contribution < -0.4 is 4.90 Å². The smallest absolute Gasteiger partial charge is 0.155 e. The monoisotopic (exact) mass is 262 g/mol. The molecule has 0 atom stereocenters. The lowest BCUT2D eigenvalue weighted by Gasteiger charge is -2.12. The van der Waals surface area contributed by atoms with Crippen LogP contribution in [-0.2, 0) is 0 Å². The van der Waals surface area contributed by atoms with Gasteiger partial charge in [0.25, 0.3) is 0 Å². The zero-order valence-corrected chi connectivity index (χ0v) is 13.2. The minimum Gasteiger partial charge on any atom is -0.378 e. The zero-order valence-electron chi connectivity index (χ0n) is 13.2. The van der Waals surface area contributed by atoms with Crippen LogP contribution >= 0.6 is 0 Å². The Morgan fingerprint density at radius 3 is 2.21 bits per heavy atom. The second-order valence-electron chi connectivity index (χ2n) is 3.73. The Balaban J connectivity index is 0.000000741. The van der Waals surface area contributed by atoms with Crippen molar-refractivity contribution >= 4 is 5.69 Å². The van der Waals surface area contributed by atoms with Gasteiger partial charge in [0, 0.05) is 38.2 Å². The maximum atomic E-state index is 4.28. The average molecular weight is 262 g/mol. The van der Waals surface area contributed by atoms with Gasteiger partial charge in [-0.25, -0.2) is 9.67 Å². The molecular weight excluding hydrogens is 236 g/mol. The van der Waals surface area contributed by atoms with Crippen LogP contribution in [0.2, 0.25) is 0 Å². The van der Waals surface area contributed by atoms with E-state index in [9.17, 15) is 0 Å². The van der Waals surface area contributed by atoms with Gasteiger partial charge in [-0.05, 0) is 18.6 Å². The highest BCUT2D eigenvalue weighted by Gasteiger charge is 2.01. The molecule has 0 amide bonds. The van der Waals surface area contributed by atoms with E-state index in [0.29, 0.717) is 0 Å². The topological polar surface area (TPSA) is 34.0 Å². The summed E-state index contributed by atoms with van der Waals surface area (Å²) in [7, 11) is 4.01. The molecule has 0 bridgehead atoms. The van der Waals surface area contributed by atoms with Gasteiger partial charge in [-0.2, -0.15) is 5.10 Å². The van der Waals surface area contributed by atoms with Crippen LogP contribution in [0.3, 0.4) is 0 Å². The van der Waals surface area contributed by atoms with E-state index in [1.165, 1.54) is 0 Å². The number of rotatable bonds is 2. The van der Waals surface area contributed by atoms with E-state index in [0.717, 1.165) is 17.1 Å². The summed E-state index contributed by atoms with van der Waals surface area (Å²) in [5.74, 6) is 0.842. The lowest BCUT2D eigenvalue weighted by atomic mass is 10.3. The number of aromatic nitrogens is 3. The maximum absolute atomic E-state index is 4.28. The molecule has 2 heterocycles. The van der Waals surface area contributed by atoms with Crippen molar-refractivity contribution in [1.82, 2.24) is 14.8 Å². The van der Waals surface area contributed by atoms with Crippen molar-refractivity contribution in [1.29, 1.82) is 0 Å². The summed E-state index contributed by atoms with van der Waals surface area (Å²) in [6, 6.07) is 3.98. The molecule has 0 saturated carbocycles. The summed E-state index contributed by atoms with van der Waals surface area (Å²) in [5.41, 5.74) is 2.25. The molecule has 19 heavy (non-hydrogen) atoms. The van der Waals surface area contributed by atoms with Gasteiger partial charge in [0.05, 0.1) is 6.20 Å². The molecule has 4 nitrogen and oxygen atoms in total. The quantitative estimate of drug-likeness (QED) is 0.827. The fraction of sp³-hybridized carbons (Fsp3) is 0.467. The van der Waals surface area contributed by atoms with Crippen molar-refractivity contribution < 1.29 is 0 Å². The van der Waals surface area contributed by atoms with Gasteiger partial charge in [0.15, 0.2) is 5.82 Å². The van der Waals surface area contributed by atoms with Crippen LogP contribution in [0.15, 0.2) is 30.7 Å². The number of hydrogen-bond donors (Lipinski definition) is 0. The average Bonchev–Trinajstić information content (AvgIpc) is 2.90. The fourth-order valence-electron chi connectivity index (χ4n) is 1.35. The molecule has 0 fully saturated rings. The van der Waals surface area contributed by atoms with Gasteiger partial charge in [0.1, 0.15) is 0 Å². The molecule has 0 aliphatic heterocycles. The first-order valence-corrected chi connectivity index (χ1v) is 6.82. The summed E-state index contributed by atoms with van der Waals surface area (Å²) >= 11 is 0. The minimum atomic E-state index is 0.842. The zero-order chi connectivity index (χ0) is 14.8. The fourth-order valence-corrected chi connectivity index (χ4v) is 1.35. The summed E-state index contributed by atoms with van der Waals surface area (Å²) in [6.07, 6.45) is 5.58. The molecule has 2 rings (SSSR count). The van der Waals surface area contributed by atoms with E-state index in [-0.39, 0.29) is 0 Å².